The highest BCUT2D eigenvalue weighted by molar-refractivity contribution is 7.74. The van der Waals surface area contributed by atoms with Crippen LogP contribution in [0.25, 0.3) is 0 Å². The minimum absolute atomic E-state index is 0.0723. The first kappa shape index (κ1) is 11.3. The maximum atomic E-state index is 10.6. The summed E-state index contributed by atoms with van der Waals surface area (Å²) in [4.78, 5) is 10.6. The summed E-state index contributed by atoms with van der Waals surface area (Å²) in [6, 6.07) is 0. The molecule has 12 heavy (non-hydrogen) atoms. The standard InChI is InChI=1S/C6H10O5S/c1-2-3-6(7)10-4-5-11-12(8)9/h2-3H,4-5H2,1H3,(H,8,9)/p-1. The molecule has 0 aliphatic rings. The van der Waals surface area contributed by atoms with Gasteiger partial charge in [-0.2, -0.15) is 0 Å². The van der Waals surface area contributed by atoms with Crippen LogP contribution in [0.2, 0.25) is 0 Å². The van der Waals surface area contributed by atoms with Crippen molar-refractivity contribution in [1.82, 2.24) is 0 Å². The molecule has 6 heteroatoms. The number of carbonyl (C=O) groups is 1. The Bertz CT molecular complexity index is 188. The predicted octanol–water partition coefficient (Wildman–Crippen LogP) is -0.0836. The van der Waals surface area contributed by atoms with Gasteiger partial charge in [-0.25, -0.2) is 9.00 Å². The summed E-state index contributed by atoms with van der Waals surface area (Å²) < 4.78 is 28.2. The highest BCUT2D eigenvalue weighted by Crippen LogP contribution is 1.84. The van der Waals surface area contributed by atoms with Gasteiger partial charge >= 0.3 is 5.97 Å². The summed E-state index contributed by atoms with van der Waals surface area (Å²) in [7, 11) is 0. The van der Waals surface area contributed by atoms with Gasteiger partial charge in [0.25, 0.3) is 0 Å². The van der Waals surface area contributed by atoms with Gasteiger partial charge in [0.15, 0.2) is 0 Å². The number of hydrogen-bond donors (Lipinski definition) is 0. The van der Waals surface area contributed by atoms with Gasteiger partial charge in [-0.05, 0) is 6.92 Å². The molecule has 0 radical (unpaired) electrons. The zero-order chi connectivity index (χ0) is 9.40. The van der Waals surface area contributed by atoms with Gasteiger partial charge < -0.3 is 9.29 Å². The smallest absolute Gasteiger partial charge is 0.330 e. The van der Waals surface area contributed by atoms with Crippen LogP contribution in [-0.4, -0.2) is 27.9 Å². The highest BCUT2D eigenvalue weighted by Gasteiger charge is 1.94. The fraction of sp³-hybridized carbons (Fsp3) is 0.500. The van der Waals surface area contributed by atoms with Crippen molar-refractivity contribution < 1.29 is 22.5 Å². The molecule has 0 fully saturated rings. The van der Waals surface area contributed by atoms with Crippen molar-refractivity contribution in [3.05, 3.63) is 12.2 Å². The van der Waals surface area contributed by atoms with Gasteiger partial charge in [0.1, 0.15) is 6.61 Å². The summed E-state index contributed by atoms with van der Waals surface area (Å²) in [5, 5.41) is 0. The third kappa shape index (κ3) is 7.39. The Labute approximate surface area is 72.8 Å². The van der Waals surface area contributed by atoms with E-state index in [1.54, 1.807) is 6.92 Å². The Morgan fingerprint density at radius 2 is 2.25 bits per heavy atom. The maximum Gasteiger partial charge on any atom is 0.330 e. The van der Waals surface area contributed by atoms with E-state index in [4.69, 9.17) is 0 Å². The minimum Gasteiger partial charge on any atom is -0.750 e. The Morgan fingerprint density at radius 3 is 2.75 bits per heavy atom. The van der Waals surface area contributed by atoms with Crippen LogP contribution in [0.4, 0.5) is 0 Å². The second kappa shape index (κ2) is 6.96. The third-order valence-corrected chi connectivity index (χ3v) is 1.17. The van der Waals surface area contributed by atoms with Crippen molar-refractivity contribution in [2.45, 2.75) is 6.92 Å². The van der Waals surface area contributed by atoms with E-state index in [2.05, 4.69) is 8.92 Å². The number of rotatable bonds is 5. The number of esters is 1. The van der Waals surface area contributed by atoms with Crippen LogP contribution in [0.15, 0.2) is 12.2 Å². The average Bonchev–Trinajstić information content (AvgIpc) is 1.98. The number of carbonyl (C=O) groups excluding carboxylic acids is 1. The lowest BCUT2D eigenvalue weighted by atomic mass is 10.5. The molecule has 0 rings (SSSR count). The van der Waals surface area contributed by atoms with E-state index < -0.39 is 17.3 Å². The van der Waals surface area contributed by atoms with E-state index in [1.807, 2.05) is 0 Å². The molecule has 0 saturated carbocycles. The fourth-order valence-corrected chi connectivity index (χ4v) is 0.633. The summed E-state index contributed by atoms with van der Waals surface area (Å²) >= 11 is -2.54. The fourth-order valence-electron chi connectivity index (χ4n) is 0.429. The van der Waals surface area contributed by atoms with E-state index in [-0.39, 0.29) is 13.2 Å². The van der Waals surface area contributed by atoms with E-state index in [0.29, 0.717) is 0 Å². The van der Waals surface area contributed by atoms with Crippen LogP contribution in [0.5, 0.6) is 0 Å². The van der Waals surface area contributed by atoms with E-state index >= 15 is 0 Å². The molecule has 0 heterocycles. The molecule has 0 aromatic heterocycles. The zero-order valence-electron chi connectivity index (χ0n) is 6.52. The van der Waals surface area contributed by atoms with Gasteiger partial charge in [0.05, 0.1) is 18.0 Å². The topological polar surface area (TPSA) is 75.7 Å². The molecule has 70 valence electrons. The van der Waals surface area contributed by atoms with Crippen molar-refractivity contribution in [3.8, 4) is 0 Å². The first-order chi connectivity index (χ1) is 5.66. The van der Waals surface area contributed by atoms with Crippen LogP contribution >= 0.6 is 0 Å². The average molecular weight is 193 g/mol. The number of allylic oxidation sites excluding steroid dienone is 1. The molecule has 0 N–H and O–H groups in total. The molecular weight excluding hydrogens is 184 g/mol. The van der Waals surface area contributed by atoms with Crippen molar-refractivity contribution in [3.63, 3.8) is 0 Å². The molecule has 0 aliphatic carbocycles. The molecule has 0 aromatic rings. The molecule has 0 aliphatic heterocycles. The SMILES string of the molecule is CC=CC(=O)OCCOS(=O)[O-]. The summed E-state index contributed by atoms with van der Waals surface area (Å²) in [5.74, 6) is -0.516. The van der Waals surface area contributed by atoms with Gasteiger partial charge in [-0.15, -0.1) is 0 Å². The Hall–Kier alpha value is -0.720. The lowest BCUT2D eigenvalue weighted by Gasteiger charge is -2.04. The first-order valence-corrected chi connectivity index (χ1v) is 4.18. The molecular formula is C6H9O5S-. The quantitative estimate of drug-likeness (QED) is 0.264. The largest absolute Gasteiger partial charge is 0.750 e. The van der Waals surface area contributed by atoms with Crippen LogP contribution in [-0.2, 0) is 25.1 Å². The molecule has 0 saturated heterocycles. The molecule has 5 nitrogen and oxygen atoms in total. The molecule has 0 spiro atoms. The second-order valence-electron chi connectivity index (χ2n) is 1.69. The Morgan fingerprint density at radius 1 is 1.58 bits per heavy atom. The van der Waals surface area contributed by atoms with Crippen molar-refractivity contribution >= 4 is 17.3 Å². The monoisotopic (exact) mass is 193 g/mol. The number of hydrogen-bond acceptors (Lipinski definition) is 5. The maximum absolute atomic E-state index is 10.6. The summed E-state index contributed by atoms with van der Waals surface area (Å²) in [6.45, 7) is 1.45. The lowest BCUT2D eigenvalue weighted by Crippen LogP contribution is -2.09. The molecule has 0 bridgehead atoms. The van der Waals surface area contributed by atoms with E-state index in [1.165, 1.54) is 12.2 Å². The zero-order valence-corrected chi connectivity index (χ0v) is 7.33. The van der Waals surface area contributed by atoms with Crippen LogP contribution in [0.1, 0.15) is 6.92 Å². The van der Waals surface area contributed by atoms with Gasteiger partial charge in [0.2, 0.25) is 0 Å². The normalized spacial score (nSPS) is 13.2. The molecule has 1 atom stereocenters. The van der Waals surface area contributed by atoms with Crippen molar-refractivity contribution in [2.75, 3.05) is 13.2 Å². The Balaban J connectivity index is 3.31. The van der Waals surface area contributed by atoms with Gasteiger partial charge in [0, 0.05) is 6.08 Å². The predicted molar refractivity (Wildman–Crippen MR) is 40.6 cm³/mol. The van der Waals surface area contributed by atoms with Crippen molar-refractivity contribution in [1.29, 1.82) is 0 Å². The third-order valence-electron chi connectivity index (χ3n) is 0.810. The summed E-state index contributed by atoms with van der Waals surface area (Å²) in [6.07, 6.45) is 2.75. The molecule has 0 amide bonds. The number of ether oxygens (including phenoxy) is 1. The Kier molecular flexibility index (Phi) is 6.54. The van der Waals surface area contributed by atoms with Crippen LogP contribution in [0, 0.1) is 0 Å². The van der Waals surface area contributed by atoms with E-state index in [9.17, 15) is 13.6 Å². The minimum atomic E-state index is -2.54. The van der Waals surface area contributed by atoms with Crippen molar-refractivity contribution in [2.24, 2.45) is 0 Å². The highest BCUT2D eigenvalue weighted by atomic mass is 32.2. The van der Waals surface area contributed by atoms with Crippen LogP contribution in [0.3, 0.4) is 0 Å². The van der Waals surface area contributed by atoms with E-state index in [0.717, 1.165) is 0 Å². The second-order valence-corrected chi connectivity index (χ2v) is 2.34. The molecule has 1 unspecified atom stereocenters. The van der Waals surface area contributed by atoms with Gasteiger partial charge in [-0.3, -0.25) is 4.18 Å². The first-order valence-electron chi connectivity index (χ1n) is 3.18. The molecule has 0 aromatic carbocycles. The van der Waals surface area contributed by atoms with Gasteiger partial charge in [-0.1, -0.05) is 6.08 Å². The van der Waals surface area contributed by atoms with Crippen LogP contribution < -0.4 is 0 Å². The summed E-state index contributed by atoms with van der Waals surface area (Å²) in [5.41, 5.74) is 0. The lowest BCUT2D eigenvalue weighted by molar-refractivity contribution is -0.138.